The van der Waals surface area contributed by atoms with Crippen LogP contribution in [0.4, 0.5) is 5.69 Å². The van der Waals surface area contributed by atoms with Crippen molar-refractivity contribution in [2.75, 3.05) is 37.6 Å². The average molecular weight is 392 g/mol. The van der Waals surface area contributed by atoms with Gasteiger partial charge in [0.15, 0.2) is 0 Å². The summed E-state index contributed by atoms with van der Waals surface area (Å²) in [5.74, 6) is 0. The molecule has 0 N–H and O–H groups in total. The summed E-state index contributed by atoms with van der Waals surface area (Å²) in [6, 6.07) is 7.39. The Labute approximate surface area is 157 Å². The fraction of sp³-hybridized carbons (Fsp3) is 0.389. The number of hydrogen-bond donors (Lipinski definition) is 0. The van der Waals surface area contributed by atoms with Gasteiger partial charge in [-0.15, -0.1) is 0 Å². The zero-order chi connectivity index (χ0) is 18.1. The minimum absolute atomic E-state index is 0.281. The Bertz CT molecular complexity index is 931. The van der Waals surface area contributed by atoms with E-state index in [1.165, 1.54) is 28.5 Å². The molecule has 0 bridgehead atoms. The number of oxime groups is 1. The Balaban J connectivity index is 1.69. The van der Waals surface area contributed by atoms with Crippen molar-refractivity contribution in [1.82, 2.24) is 4.90 Å². The molecule has 0 atom stereocenters. The van der Waals surface area contributed by atoms with Crippen LogP contribution in [0.5, 0.6) is 0 Å². The Morgan fingerprint density at radius 1 is 1.15 bits per heavy atom. The molecule has 2 aliphatic rings. The maximum absolute atomic E-state index is 12.9. The molecule has 1 fully saturated rings. The van der Waals surface area contributed by atoms with E-state index in [1.807, 2.05) is 23.6 Å². The monoisotopic (exact) mass is 391 g/mol. The number of likely N-dealkylation sites (tertiary alicyclic amines) is 1. The standard InChI is InChI=1S/C18H21N3O3S2/c1-20-16-7-3-2-6-14(16)18(15-12-25-13-17(15)26(20,22)23)19-24-11-10-21-8-4-5-9-21/h2-3,6-7,12-13H,4-5,8-11H2,1H3/b19-18+. The van der Waals surface area contributed by atoms with E-state index in [0.29, 0.717) is 23.6 Å². The van der Waals surface area contributed by atoms with Gasteiger partial charge in [-0.3, -0.25) is 9.21 Å². The lowest BCUT2D eigenvalue weighted by Gasteiger charge is -2.18. The molecule has 138 valence electrons. The zero-order valence-electron chi connectivity index (χ0n) is 14.6. The lowest BCUT2D eigenvalue weighted by molar-refractivity contribution is 0.119. The summed E-state index contributed by atoms with van der Waals surface area (Å²) in [6.45, 7) is 3.56. The minimum Gasteiger partial charge on any atom is -0.394 e. The summed E-state index contributed by atoms with van der Waals surface area (Å²) >= 11 is 1.36. The van der Waals surface area contributed by atoms with Gasteiger partial charge in [0.2, 0.25) is 0 Å². The normalized spacial score (nSPS) is 20.7. The van der Waals surface area contributed by atoms with Crippen molar-refractivity contribution in [3.63, 3.8) is 0 Å². The van der Waals surface area contributed by atoms with Crippen LogP contribution in [0.15, 0.2) is 45.1 Å². The molecule has 2 aliphatic heterocycles. The largest absolute Gasteiger partial charge is 0.394 e. The maximum Gasteiger partial charge on any atom is 0.265 e. The Kier molecular flexibility index (Phi) is 4.73. The molecule has 3 heterocycles. The third kappa shape index (κ3) is 3.02. The van der Waals surface area contributed by atoms with Gasteiger partial charge in [0.25, 0.3) is 10.0 Å². The van der Waals surface area contributed by atoms with Crippen LogP contribution in [-0.4, -0.2) is 52.3 Å². The van der Waals surface area contributed by atoms with Crippen LogP contribution in [0, 0.1) is 0 Å². The number of anilines is 1. The molecule has 2 aromatic rings. The second-order valence-corrected chi connectivity index (χ2v) is 9.14. The predicted octanol–water partition coefficient (Wildman–Crippen LogP) is 2.75. The first-order valence-corrected chi connectivity index (χ1v) is 11.0. The number of nitrogens with zero attached hydrogens (tertiary/aromatic N) is 3. The summed E-state index contributed by atoms with van der Waals surface area (Å²) in [5.41, 5.74) is 2.55. The van der Waals surface area contributed by atoms with Gasteiger partial charge in [-0.25, -0.2) is 8.42 Å². The van der Waals surface area contributed by atoms with E-state index in [4.69, 9.17) is 4.84 Å². The van der Waals surface area contributed by atoms with Gasteiger partial charge in [0, 0.05) is 35.5 Å². The molecular weight excluding hydrogens is 370 g/mol. The molecule has 1 saturated heterocycles. The van der Waals surface area contributed by atoms with Crippen LogP contribution in [-0.2, 0) is 14.9 Å². The van der Waals surface area contributed by atoms with E-state index in [1.54, 1.807) is 18.5 Å². The highest BCUT2D eigenvalue weighted by Gasteiger charge is 2.34. The summed E-state index contributed by atoms with van der Waals surface area (Å²) in [4.78, 5) is 8.25. The van der Waals surface area contributed by atoms with Crippen molar-refractivity contribution in [2.24, 2.45) is 5.16 Å². The minimum atomic E-state index is -3.60. The van der Waals surface area contributed by atoms with Crippen molar-refractivity contribution in [3.8, 4) is 0 Å². The van der Waals surface area contributed by atoms with E-state index in [2.05, 4.69) is 10.1 Å². The molecule has 0 spiro atoms. The molecule has 0 aliphatic carbocycles. The molecule has 6 nitrogen and oxygen atoms in total. The highest BCUT2D eigenvalue weighted by molar-refractivity contribution is 7.93. The third-order valence-corrected chi connectivity index (χ3v) is 7.58. The van der Waals surface area contributed by atoms with Crippen molar-refractivity contribution in [2.45, 2.75) is 17.7 Å². The first-order chi connectivity index (χ1) is 12.6. The second-order valence-electron chi connectivity index (χ2n) is 6.46. The van der Waals surface area contributed by atoms with Gasteiger partial charge in [-0.2, -0.15) is 11.3 Å². The highest BCUT2D eigenvalue weighted by Crippen LogP contribution is 2.36. The van der Waals surface area contributed by atoms with Crippen molar-refractivity contribution in [1.29, 1.82) is 0 Å². The summed E-state index contributed by atoms with van der Waals surface area (Å²) in [6.07, 6.45) is 2.48. The zero-order valence-corrected chi connectivity index (χ0v) is 16.2. The first-order valence-electron chi connectivity index (χ1n) is 8.66. The van der Waals surface area contributed by atoms with Gasteiger partial charge >= 0.3 is 0 Å². The van der Waals surface area contributed by atoms with Crippen molar-refractivity contribution < 1.29 is 13.3 Å². The van der Waals surface area contributed by atoms with Crippen LogP contribution in [0.3, 0.4) is 0 Å². The molecule has 1 aromatic carbocycles. The lowest BCUT2D eigenvalue weighted by Crippen LogP contribution is -2.26. The molecule has 0 amide bonds. The number of para-hydroxylation sites is 1. The molecule has 26 heavy (non-hydrogen) atoms. The van der Waals surface area contributed by atoms with Gasteiger partial charge in [-0.05, 0) is 32.0 Å². The van der Waals surface area contributed by atoms with Crippen LogP contribution in [0.25, 0.3) is 0 Å². The number of rotatable bonds is 4. The molecule has 0 unspecified atom stereocenters. The molecule has 0 saturated carbocycles. The van der Waals surface area contributed by atoms with E-state index in [-0.39, 0.29) is 4.90 Å². The number of benzene rings is 1. The Morgan fingerprint density at radius 2 is 1.92 bits per heavy atom. The average Bonchev–Trinajstić information content (AvgIpc) is 3.32. The molecule has 4 rings (SSSR count). The van der Waals surface area contributed by atoms with Gasteiger partial charge in [-0.1, -0.05) is 23.4 Å². The lowest BCUT2D eigenvalue weighted by atomic mass is 10.0. The highest BCUT2D eigenvalue weighted by atomic mass is 32.2. The van der Waals surface area contributed by atoms with Gasteiger partial charge in [0.05, 0.1) is 5.69 Å². The smallest absolute Gasteiger partial charge is 0.265 e. The number of fused-ring (bicyclic) bond motifs is 2. The predicted molar refractivity (Wildman–Crippen MR) is 104 cm³/mol. The summed E-state index contributed by atoms with van der Waals surface area (Å²) in [5, 5.41) is 7.85. The van der Waals surface area contributed by atoms with Crippen molar-refractivity contribution in [3.05, 3.63) is 46.2 Å². The maximum atomic E-state index is 12.9. The van der Waals surface area contributed by atoms with E-state index >= 15 is 0 Å². The fourth-order valence-electron chi connectivity index (χ4n) is 3.41. The van der Waals surface area contributed by atoms with E-state index in [9.17, 15) is 8.42 Å². The number of hydrogen-bond acceptors (Lipinski definition) is 6. The number of sulfonamides is 1. The van der Waals surface area contributed by atoms with Crippen molar-refractivity contribution >= 4 is 32.8 Å². The van der Waals surface area contributed by atoms with E-state index < -0.39 is 10.0 Å². The second kappa shape index (κ2) is 7.02. The number of thiophene rings is 1. The molecule has 0 radical (unpaired) electrons. The van der Waals surface area contributed by atoms with Crippen LogP contribution >= 0.6 is 11.3 Å². The Hall–Kier alpha value is -1.90. The SMILES string of the molecule is CN1c2ccccc2/C(=N\OCCN2CCCC2)c2cscc2S1(=O)=O. The van der Waals surface area contributed by atoms with Crippen LogP contribution in [0.1, 0.15) is 24.0 Å². The Morgan fingerprint density at radius 3 is 2.73 bits per heavy atom. The molecule has 1 aromatic heterocycles. The van der Waals surface area contributed by atoms with Crippen LogP contribution in [0.2, 0.25) is 0 Å². The van der Waals surface area contributed by atoms with Crippen LogP contribution < -0.4 is 4.31 Å². The first kappa shape index (κ1) is 17.5. The third-order valence-electron chi connectivity index (χ3n) is 4.87. The molecular formula is C18H21N3O3S2. The molecule has 8 heteroatoms. The van der Waals surface area contributed by atoms with Gasteiger partial charge < -0.3 is 4.84 Å². The quantitative estimate of drug-likeness (QED) is 0.594. The topological polar surface area (TPSA) is 62.2 Å². The van der Waals surface area contributed by atoms with E-state index in [0.717, 1.165) is 25.2 Å². The summed E-state index contributed by atoms with van der Waals surface area (Å²) < 4.78 is 27.2. The summed E-state index contributed by atoms with van der Waals surface area (Å²) in [7, 11) is -2.03. The fourth-order valence-corrected chi connectivity index (χ4v) is 5.98. The van der Waals surface area contributed by atoms with Gasteiger partial charge in [0.1, 0.15) is 17.2 Å².